The van der Waals surface area contributed by atoms with Gasteiger partial charge in [0.25, 0.3) is 11.1 Å². The molecule has 4 aromatic heterocycles. The normalized spacial score (nSPS) is 13.7. The van der Waals surface area contributed by atoms with Crippen LogP contribution < -0.4 is 26.5 Å². The van der Waals surface area contributed by atoms with E-state index in [9.17, 15) is 24.3 Å². The maximum absolute atomic E-state index is 13.2. The first-order valence-corrected chi connectivity index (χ1v) is 31.3. The molecule has 18 heteroatoms. The van der Waals surface area contributed by atoms with Crippen molar-refractivity contribution >= 4 is 61.5 Å². The molecule has 1 aliphatic rings. The monoisotopic (exact) mass is 1030 g/mol. The van der Waals surface area contributed by atoms with Crippen molar-refractivity contribution in [1.29, 1.82) is 0 Å². The third-order valence-corrected chi connectivity index (χ3v) is 16.3. The Bertz CT molecular complexity index is 3410. The van der Waals surface area contributed by atoms with Gasteiger partial charge in [-0.05, 0) is 130 Å². The molecule has 0 bridgehead atoms. The highest BCUT2D eigenvalue weighted by molar-refractivity contribution is 6.83. The molecule has 1 fully saturated rings. The Morgan fingerprint density at radius 1 is 0.730 bits per heavy atom. The second-order valence-corrected chi connectivity index (χ2v) is 28.5. The van der Waals surface area contributed by atoms with E-state index in [1.165, 1.54) is 10.4 Å². The van der Waals surface area contributed by atoms with E-state index in [0.29, 0.717) is 53.1 Å². The molecule has 16 nitrogen and oxygen atoms in total. The number of benzene rings is 4. The Hall–Kier alpha value is -7.07. The largest absolute Gasteiger partial charge is 0.432 e. The standard InChI is InChI=1S/C28H34N6O2Si.C28H35N5O3Si/c1-5-13-33-28(35)25-20-29-26(18-21-9-11-22(12-10-21)32-16-14-31(2)15-17-32)30-27(25)34(33)23-7-6-8-24(19-23)37(3,4)36;1-6-15-32-27(34)24-19-30-25(17-20-10-12-22(13-11-20)29-14-16-37(4,5)36)31-26(24)33(32)23-9-7-8-21(18-23)28(2,3)35/h5-12,19-20,36H,1,13-18H2,2-4H3;6-13,15,18-19,29,35-36H,14,16-17H2,1-5H3/b;15-6+. The van der Waals surface area contributed by atoms with E-state index in [2.05, 4.69) is 63.0 Å². The number of piperazine rings is 1. The van der Waals surface area contributed by atoms with Crippen LogP contribution in [-0.4, -0.2) is 115 Å². The summed E-state index contributed by atoms with van der Waals surface area (Å²) in [4.78, 5) is 70.6. The first-order valence-electron chi connectivity index (χ1n) is 25.2. The van der Waals surface area contributed by atoms with E-state index < -0.39 is 22.2 Å². The van der Waals surface area contributed by atoms with Crippen LogP contribution in [0.15, 0.2) is 138 Å². The SMILES string of the molecule is C/C=C/n1c(=O)c2cnc(Cc3ccc(NCC[Si](C)(C)O)cc3)nc2n1-c1cccc(C(C)(C)O)c1.C=CCn1c(=O)c2cnc(Cc3ccc(N4CCN(C)CC4)cc3)nc2n1-c1cccc([Si](C)(C)O)c1. The molecule has 0 spiro atoms. The second kappa shape index (κ2) is 22.2. The van der Waals surface area contributed by atoms with Crippen LogP contribution >= 0.6 is 0 Å². The molecule has 74 heavy (non-hydrogen) atoms. The summed E-state index contributed by atoms with van der Waals surface area (Å²) < 4.78 is 6.72. The fourth-order valence-electron chi connectivity index (χ4n) is 8.89. The Morgan fingerprint density at radius 3 is 1.86 bits per heavy atom. The predicted molar refractivity (Wildman–Crippen MR) is 303 cm³/mol. The van der Waals surface area contributed by atoms with Gasteiger partial charge in [0.15, 0.2) is 19.6 Å². The van der Waals surface area contributed by atoms with E-state index in [-0.39, 0.29) is 11.1 Å². The van der Waals surface area contributed by atoms with Crippen molar-refractivity contribution in [3.63, 3.8) is 0 Å². The average Bonchev–Trinajstić information content (AvgIpc) is 3.79. The van der Waals surface area contributed by atoms with Gasteiger partial charge in [0.1, 0.15) is 22.4 Å². The van der Waals surface area contributed by atoms with Crippen molar-refractivity contribution in [3.8, 4) is 11.4 Å². The fraction of sp³-hybridized carbons (Fsp3) is 0.321. The highest BCUT2D eigenvalue weighted by atomic mass is 28.4. The minimum Gasteiger partial charge on any atom is -0.432 e. The number of hydrogen-bond acceptors (Lipinski definition) is 12. The zero-order valence-corrected chi connectivity index (χ0v) is 45.8. The van der Waals surface area contributed by atoms with Crippen LogP contribution in [0.3, 0.4) is 0 Å². The summed E-state index contributed by atoms with van der Waals surface area (Å²) >= 11 is 0. The van der Waals surface area contributed by atoms with Gasteiger partial charge in [-0.2, -0.15) is 0 Å². The summed E-state index contributed by atoms with van der Waals surface area (Å²) in [7, 11) is -2.44. The minimum absolute atomic E-state index is 0.163. The van der Waals surface area contributed by atoms with Crippen LogP contribution in [0.5, 0.6) is 0 Å². The molecule has 4 N–H and O–H groups in total. The Morgan fingerprint density at radius 2 is 1.30 bits per heavy atom. The molecule has 5 heterocycles. The van der Waals surface area contributed by atoms with Gasteiger partial charge in [0.05, 0.1) is 23.5 Å². The van der Waals surface area contributed by atoms with Crippen molar-refractivity contribution < 1.29 is 14.7 Å². The van der Waals surface area contributed by atoms with Crippen LogP contribution in [0, 0.1) is 0 Å². The van der Waals surface area contributed by atoms with Gasteiger partial charge in [-0.25, -0.2) is 38.7 Å². The van der Waals surface area contributed by atoms with Crippen LogP contribution in [0.1, 0.15) is 49.1 Å². The average molecular weight is 1030 g/mol. The summed E-state index contributed by atoms with van der Waals surface area (Å²) in [6.07, 6.45) is 9.49. The lowest BCUT2D eigenvalue weighted by molar-refractivity contribution is 0.0786. The number of anilines is 2. The second-order valence-electron chi connectivity index (χ2n) is 20.7. The third-order valence-electron chi connectivity index (χ3n) is 13.1. The van der Waals surface area contributed by atoms with Gasteiger partial charge in [0.2, 0.25) is 8.32 Å². The maximum atomic E-state index is 13.2. The van der Waals surface area contributed by atoms with Gasteiger partial charge in [0, 0.05) is 75.5 Å². The zero-order chi connectivity index (χ0) is 53.0. The zero-order valence-electron chi connectivity index (χ0n) is 43.8. The topological polar surface area (TPSA) is 185 Å². The van der Waals surface area contributed by atoms with Crippen LogP contribution in [0.2, 0.25) is 32.2 Å². The van der Waals surface area contributed by atoms with Crippen molar-refractivity contribution in [3.05, 3.63) is 177 Å². The molecular formula is C56H69N11O5Si2. The Kier molecular flexibility index (Phi) is 16.0. The van der Waals surface area contributed by atoms with Crippen molar-refractivity contribution in [2.75, 3.05) is 50.0 Å². The molecule has 0 saturated carbocycles. The molecule has 8 aromatic rings. The smallest absolute Gasteiger partial charge is 0.282 e. The quantitative estimate of drug-likeness (QED) is 0.0574. The summed E-state index contributed by atoms with van der Waals surface area (Å²) in [5.41, 5.74) is 6.31. The van der Waals surface area contributed by atoms with E-state index in [1.54, 1.807) is 54.0 Å². The molecule has 1 saturated heterocycles. The predicted octanol–water partition coefficient (Wildman–Crippen LogP) is 7.02. The molecule has 0 radical (unpaired) electrons. The number of fused-ring (bicyclic) bond motifs is 2. The molecule has 9 rings (SSSR count). The summed E-state index contributed by atoms with van der Waals surface area (Å²) in [6, 6.07) is 32.7. The van der Waals surface area contributed by atoms with E-state index in [0.717, 1.165) is 77.7 Å². The Balaban J connectivity index is 0.000000197. The van der Waals surface area contributed by atoms with Crippen LogP contribution in [-0.2, 0) is 25.0 Å². The first kappa shape index (κ1) is 53.2. The molecule has 1 aliphatic heterocycles. The van der Waals surface area contributed by atoms with Gasteiger partial charge in [-0.1, -0.05) is 60.7 Å². The van der Waals surface area contributed by atoms with Crippen LogP contribution in [0.25, 0.3) is 39.6 Å². The lowest BCUT2D eigenvalue weighted by atomic mass is 9.98. The number of aliphatic hydroxyl groups is 1. The number of nitrogens with zero attached hydrogens (tertiary/aromatic N) is 10. The van der Waals surface area contributed by atoms with Gasteiger partial charge >= 0.3 is 0 Å². The number of hydrogen-bond donors (Lipinski definition) is 4. The molecule has 0 amide bonds. The lowest BCUT2D eigenvalue weighted by Crippen LogP contribution is -2.44. The number of nitrogens with one attached hydrogen (secondary N) is 1. The molecule has 0 aliphatic carbocycles. The molecular weight excluding hydrogens is 963 g/mol. The van der Waals surface area contributed by atoms with Crippen molar-refractivity contribution in [2.24, 2.45) is 0 Å². The number of rotatable bonds is 16. The highest BCUT2D eigenvalue weighted by Gasteiger charge is 2.24. The third kappa shape index (κ3) is 12.5. The van der Waals surface area contributed by atoms with Crippen molar-refractivity contribution in [2.45, 2.75) is 78.0 Å². The van der Waals surface area contributed by atoms with Gasteiger partial charge in [-0.3, -0.25) is 9.59 Å². The summed E-state index contributed by atoms with van der Waals surface area (Å²) in [5, 5.41) is 15.7. The molecule has 386 valence electrons. The van der Waals surface area contributed by atoms with Gasteiger partial charge < -0.3 is 29.8 Å². The highest BCUT2D eigenvalue weighted by Crippen LogP contribution is 2.25. The van der Waals surface area contributed by atoms with Crippen molar-refractivity contribution in [1.82, 2.24) is 43.6 Å². The van der Waals surface area contributed by atoms with Gasteiger partial charge in [-0.15, -0.1) is 6.58 Å². The fourth-order valence-corrected chi connectivity index (χ4v) is 10.6. The minimum atomic E-state index is -2.54. The number of allylic oxidation sites excluding steroid dienone is 2. The number of likely N-dealkylation sites (N-methyl/N-ethyl adjacent to an activating group) is 1. The molecule has 4 aromatic carbocycles. The van der Waals surface area contributed by atoms with E-state index in [1.807, 2.05) is 111 Å². The lowest BCUT2D eigenvalue weighted by Gasteiger charge is -2.34. The number of aromatic nitrogens is 8. The van der Waals surface area contributed by atoms with E-state index >= 15 is 0 Å². The summed E-state index contributed by atoms with van der Waals surface area (Å²) in [5.74, 6) is 1.25. The first-order chi connectivity index (χ1) is 35.2. The molecule has 0 unspecified atom stereocenters. The van der Waals surface area contributed by atoms with E-state index in [4.69, 9.17) is 9.97 Å². The Labute approximate surface area is 434 Å². The molecule has 0 atom stereocenters. The van der Waals surface area contributed by atoms with Crippen LogP contribution in [0.4, 0.5) is 11.4 Å². The maximum Gasteiger partial charge on any atom is 0.282 e. The summed E-state index contributed by atoms with van der Waals surface area (Å²) in [6.45, 7) is 22.1.